The molecule has 0 radical (unpaired) electrons. The Bertz CT molecular complexity index is 717. The molecular formula is C17H17BrClN3O. The van der Waals surface area contributed by atoms with Gasteiger partial charge in [0.2, 0.25) is 0 Å². The maximum Gasteiger partial charge on any atom is 0.257 e. The van der Waals surface area contributed by atoms with Crippen LogP contribution in [0.25, 0.3) is 0 Å². The number of hydrogen-bond donors (Lipinski definition) is 1. The van der Waals surface area contributed by atoms with Crippen LogP contribution in [0.3, 0.4) is 0 Å². The zero-order valence-corrected chi connectivity index (χ0v) is 14.9. The molecular weight excluding hydrogens is 378 g/mol. The Kier molecular flexibility index (Phi) is 5.18. The molecule has 120 valence electrons. The van der Waals surface area contributed by atoms with Gasteiger partial charge in [-0.3, -0.25) is 9.78 Å². The molecule has 2 heterocycles. The molecule has 0 spiro atoms. The number of amides is 1. The molecule has 1 aliphatic rings. The predicted octanol–water partition coefficient (Wildman–Crippen LogP) is 4.74. The summed E-state index contributed by atoms with van der Waals surface area (Å²) >= 11 is 9.72. The second kappa shape index (κ2) is 7.32. The molecule has 1 aromatic heterocycles. The van der Waals surface area contributed by atoms with E-state index in [0.717, 1.165) is 23.2 Å². The number of carbonyl (C=O) groups excluding carboxylic acids is 1. The Morgan fingerprint density at radius 2 is 1.96 bits per heavy atom. The summed E-state index contributed by atoms with van der Waals surface area (Å²) in [5.74, 6) is -0.208. The molecule has 0 bridgehead atoms. The van der Waals surface area contributed by atoms with Crippen molar-refractivity contribution in [3.8, 4) is 0 Å². The Hall–Kier alpha value is -1.59. The topological polar surface area (TPSA) is 45.2 Å². The van der Waals surface area contributed by atoms with Gasteiger partial charge in [0.1, 0.15) is 0 Å². The van der Waals surface area contributed by atoms with E-state index in [4.69, 9.17) is 11.6 Å². The average Bonchev–Trinajstić information content (AvgIpc) is 2.56. The Morgan fingerprint density at radius 1 is 1.17 bits per heavy atom. The van der Waals surface area contributed by atoms with Crippen LogP contribution in [0.2, 0.25) is 5.02 Å². The van der Waals surface area contributed by atoms with Crippen molar-refractivity contribution < 1.29 is 4.79 Å². The van der Waals surface area contributed by atoms with Gasteiger partial charge >= 0.3 is 0 Å². The third-order valence-corrected chi connectivity index (χ3v) is 4.61. The molecule has 1 N–H and O–H groups in total. The third kappa shape index (κ3) is 4.03. The Labute approximate surface area is 149 Å². The number of anilines is 2. The summed E-state index contributed by atoms with van der Waals surface area (Å²) in [5.41, 5.74) is 2.21. The maximum atomic E-state index is 12.2. The van der Waals surface area contributed by atoms with Crippen LogP contribution in [0, 0.1) is 0 Å². The lowest BCUT2D eigenvalue weighted by molar-refractivity contribution is 0.102. The molecule has 1 amide bonds. The molecule has 1 fully saturated rings. The number of aromatic nitrogens is 1. The number of carbonyl (C=O) groups is 1. The standard InChI is InChI=1S/C17H17BrClN3O/c18-13-8-12(10-20-11-13)17(23)21-14-4-5-16(15(19)9-14)22-6-2-1-3-7-22/h4-5,8-11H,1-3,6-7H2,(H,21,23). The highest BCUT2D eigenvalue weighted by molar-refractivity contribution is 9.10. The third-order valence-electron chi connectivity index (χ3n) is 3.87. The Balaban J connectivity index is 1.73. The fraction of sp³-hybridized carbons (Fsp3) is 0.294. The molecule has 6 heteroatoms. The second-order valence-electron chi connectivity index (χ2n) is 5.56. The number of nitrogens with one attached hydrogen (secondary N) is 1. The zero-order valence-electron chi connectivity index (χ0n) is 12.6. The lowest BCUT2D eigenvalue weighted by Gasteiger charge is -2.29. The fourth-order valence-electron chi connectivity index (χ4n) is 2.72. The number of hydrogen-bond acceptors (Lipinski definition) is 3. The van der Waals surface area contributed by atoms with E-state index in [1.807, 2.05) is 12.1 Å². The summed E-state index contributed by atoms with van der Waals surface area (Å²) in [6, 6.07) is 7.39. The molecule has 0 saturated carbocycles. The summed E-state index contributed by atoms with van der Waals surface area (Å²) in [6.45, 7) is 2.07. The quantitative estimate of drug-likeness (QED) is 0.818. The van der Waals surface area contributed by atoms with Gasteiger partial charge in [0.15, 0.2) is 0 Å². The van der Waals surface area contributed by atoms with Crippen molar-refractivity contribution in [2.24, 2.45) is 0 Å². The first-order valence-electron chi connectivity index (χ1n) is 7.60. The molecule has 1 saturated heterocycles. The zero-order chi connectivity index (χ0) is 16.2. The SMILES string of the molecule is O=C(Nc1ccc(N2CCCCC2)c(Cl)c1)c1cncc(Br)c1. The van der Waals surface area contributed by atoms with E-state index in [2.05, 4.69) is 31.1 Å². The molecule has 23 heavy (non-hydrogen) atoms. The smallest absolute Gasteiger partial charge is 0.257 e. The van der Waals surface area contributed by atoms with Crippen molar-refractivity contribution in [3.05, 3.63) is 51.7 Å². The molecule has 4 nitrogen and oxygen atoms in total. The second-order valence-corrected chi connectivity index (χ2v) is 6.88. The van der Waals surface area contributed by atoms with Gasteiger partial charge in [-0.15, -0.1) is 0 Å². The first-order chi connectivity index (χ1) is 11.1. The van der Waals surface area contributed by atoms with Gasteiger partial charge in [-0.2, -0.15) is 0 Å². The van der Waals surface area contributed by atoms with Gasteiger partial charge in [-0.05, 0) is 59.5 Å². The van der Waals surface area contributed by atoms with Crippen LogP contribution in [-0.4, -0.2) is 24.0 Å². The molecule has 1 aromatic carbocycles. The minimum absolute atomic E-state index is 0.208. The normalized spacial score (nSPS) is 14.6. The summed E-state index contributed by atoms with van der Waals surface area (Å²) in [7, 11) is 0. The van der Waals surface area contributed by atoms with Gasteiger partial charge in [0.05, 0.1) is 16.3 Å². The van der Waals surface area contributed by atoms with Crippen molar-refractivity contribution in [1.29, 1.82) is 0 Å². The number of pyridine rings is 1. The highest BCUT2D eigenvalue weighted by Crippen LogP contribution is 2.31. The van der Waals surface area contributed by atoms with E-state index >= 15 is 0 Å². The fourth-order valence-corrected chi connectivity index (χ4v) is 3.38. The van der Waals surface area contributed by atoms with Crippen molar-refractivity contribution >= 4 is 44.8 Å². The first-order valence-corrected chi connectivity index (χ1v) is 8.77. The summed E-state index contributed by atoms with van der Waals surface area (Å²) < 4.78 is 0.767. The largest absolute Gasteiger partial charge is 0.370 e. The van der Waals surface area contributed by atoms with E-state index < -0.39 is 0 Å². The average molecular weight is 395 g/mol. The first kappa shape index (κ1) is 16.3. The van der Waals surface area contributed by atoms with Crippen molar-refractivity contribution in [2.45, 2.75) is 19.3 Å². The predicted molar refractivity (Wildman–Crippen MR) is 97.4 cm³/mol. The minimum Gasteiger partial charge on any atom is -0.370 e. The van der Waals surface area contributed by atoms with Crippen molar-refractivity contribution in [1.82, 2.24) is 4.98 Å². The van der Waals surface area contributed by atoms with E-state index in [-0.39, 0.29) is 5.91 Å². The van der Waals surface area contributed by atoms with Gasteiger partial charge in [-0.25, -0.2) is 0 Å². The van der Waals surface area contributed by atoms with Gasteiger partial charge in [-0.1, -0.05) is 11.6 Å². The number of nitrogens with zero attached hydrogens (tertiary/aromatic N) is 2. The van der Waals surface area contributed by atoms with E-state index in [0.29, 0.717) is 16.3 Å². The van der Waals surface area contributed by atoms with Crippen LogP contribution < -0.4 is 10.2 Å². The Morgan fingerprint density at radius 3 is 2.65 bits per heavy atom. The van der Waals surface area contributed by atoms with E-state index in [1.165, 1.54) is 25.5 Å². The molecule has 0 unspecified atom stereocenters. The molecule has 1 aliphatic heterocycles. The lowest BCUT2D eigenvalue weighted by atomic mass is 10.1. The maximum absolute atomic E-state index is 12.2. The minimum atomic E-state index is -0.208. The molecule has 3 rings (SSSR count). The summed E-state index contributed by atoms with van der Waals surface area (Å²) in [5, 5.41) is 3.52. The van der Waals surface area contributed by atoms with Crippen LogP contribution in [-0.2, 0) is 0 Å². The lowest BCUT2D eigenvalue weighted by Crippen LogP contribution is -2.29. The number of piperidine rings is 1. The summed E-state index contributed by atoms with van der Waals surface area (Å²) in [4.78, 5) is 18.5. The molecule has 0 atom stereocenters. The van der Waals surface area contributed by atoms with Crippen LogP contribution in [0.5, 0.6) is 0 Å². The van der Waals surface area contributed by atoms with E-state index in [1.54, 1.807) is 18.3 Å². The molecule has 0 aliphatic carbocycles. The number of halogens is 2. The van der Waals surface area contributed by atoms with Gasteiger partial charge < -0.3 is 10.2 Å². The molecule has 2 aromatic rings. The highest BCUT2D eigenvalue weighted by Gasteiger charge is 2.15. The van der Waals surface area contributed by atoms with Gasteiger partial charge in [0.25, 0.3) is 5.91 Å². The van der Waals surface area contributed by atoms with Gasteiger partial charge in [0, 0.05) is 35.6 Å². The van der Waals surface area contributed by atoms with Crippen molar-refractivity contribution in [3.63, 3.8) is 0 Å². The van der Waals surface area contributed by atoms with Crippen LogP contribution in [0.15, 0.2) is 41.1 Å². The van der Waals surface area contributed by atoms with E-state index in [9.17, 15) is 4.79 Å². The van der Waals surface area contributed by atoms with Crippen LogP contribution in [0.4, 0.5) is 11.4 Å². The highest BCUT2D eigenvalue weighted by atomic mass is 79.9. The summed E-state index contributed by atoms with van der Waals surface area (Å²) in [6.07, 6.45) is 6.85. The number of benzene rings is 1. The van der Waals surface area contributed by atoms with Crippen molar-refractivity contribution in [2.75, 3.05) is 23.3 Å². The van der Waals surface area contributed by atoms with Crippen LogP contribution >= 0.6 is 27.5 Å². The van der Waals surface area contributed by atoms with Crippen LogP contribution in [0.1, 0.15) is 29.6 Å². The number of rotatable bonds is 3. The monoisotopic (exact) mass is 393 g/mol.